The van der Waals surface area contributed by atoms with Crippen LogP contribution in [0.15, 0.2) is 46.8 Å². The van der Waals surface area contributed by atoms with Crippen LogP contribution in [-0.2, 0) is 4.79 Å². The molecule has 0 saturated heterocycles. The van der Waals surface area contributed by atoms with E-state index in [2.05, 4.69) is 35.4 Å². The molecule has 5 nitrogen and oxygen atoms in total. The first-order valence-electron chi connectivity index (χ1n) is 8.99. The zero-order valence-electron chi connectivity index (χ0n) is 16.2. The Hall–Kier alpha value is -2.34. The van der Waals surface area contributed by atoms with Gasteiger partial charge >= 0.3 is 0 Å². The lowest BCUT2D eigenvalue weighted by atomic mass is 10.2. The lowest BCUT2D eigenvalue weighted by molar-refractivity contribution is -0.117. The summed E-state index contributed by atoms with van der Waals surface area (Å²) in [6.07, 6.45) is 10.1. The van der Waals surface area contributed by atoms with Crippen molar-refractivity contribution in [3.63, 3.8) is 0 Å². The molecule has 1 aliphatic heterocycles. The number of anilines is 1. The number of hydrogen-bond donors (Lipinski definition) is 1. The van der Waals surface area contributed by atoms with Crippen LogP contribution in [0.4, 0.5) is 5.00 Å². The molecule has 0 spiro atoms. The Labute approximate surface area is 160 Å². The van der Waals surface area contributed by atoms with Crippen LogP contribution in [0.3, 0.4) is 0 Å². The van der Waals surface area contributed by atoms with Gasteiger partial charge < -0.3 is 15.1 Å². The van der Waals surface area contributed by atoms with Crippen LogP contribution in [-0.4, -0.2) is 49.2 Å². The van der Waals surface area contributed by atoms with E-state index in [4.69, 9.17) is 4.99 Å². The van der Waals surface area contributed by atoms with Crippen LogP contribution in [0.1, 0.15) is 30.7 Å². The largest absolute Gasteiger partial charge is 0.357 e. The highest BCUT2D eigenvalue weighted by Gasteiger charge is 2.23. The van der Waals surface area contributed by atoms with E-state index < -0.39 is 0 Å². The van der Waals surface area contributed by atoms with Gasteiger partial charge in [0.25, 0.3) is 0 Å². The SMILES string of the molecule is CC.Cc1cc2c(s1)NC1=CCC=CC=C1N=C2N(C)CCN(C)C=O. The number of carbonyl (C=O) groups is 1. The number of aliphatic imine (C=N–C) groups is 1. The third-order valence-electron chi connectivity index (χ3n) is 4.02. The molecule has 2 heterocycles. The van der Waals surface area contributed by atoms with Crippen molar-refractivity contribution in [2.45, 2.75) is 27.2 Å². The summed E-state index contributed by atoms with van der Waals surface area (Å²) in [6.45, 7) is 7.50. The summed E-state index contributed by atoms with van der Waals surface area (Å²) in [4.78, 5) is 20.8. The van der Waals surface area contributed by atoms with Gasteiger partial charge in [0.15, 0.2) is 0 Å². The number of amidine groups is 1. The van der Waals surface area contributed by atoms with E-state index in [1.165, 1.54) is 4.88 Å². The molecule has 0 radical (unpaired) electrons. The molecule has 0 atom stereocenters. The quantitative estimate of drug-likeness (QED) is 0.813. The minimum atomic E-state index is 0.659. The highest BCUT2D eigenvalue weighted by atomic mass is 32.1. The number of fused-ring (bicyclic) bond motifs is 2. The van der Waals surface area contributed by atoms with Crippen molar-refractivity contribution in [1.29, 1.82) is 0 Å². The molecule has 140 valence electrons. The molecule has 0 bridgehead atoms. The normalized spacial score (nSPS) is 14.7. The van der Waals surface area contributed by atoms with Gasteiger partial charge in [-0.25, -0.2) is 4.99 Å². The minimum absolute atomic E-state index is 0.659. The monoisotopic (exact) mass is 372 g/mol. The maximum Gasteiger partial charge on any atom is 0.209 e. The number of allylic oxidation sites excluding steroid dienone is 4. The van der Waals surface area contributed by atoms with Gasteiger partial charge in [-0.1, -0.05) is 32.1 Å². The fraction of sp³-hybridized carbons (Fsp3) is 0.400. The number of rotatable bonds is 4. The number of aryl methyl sites for hydroxylation is 1. The van der Waals surface area contributed by atoms with E-state index >= 15 is 0 Å². The molecule has 26 heavy (non-hydrogen) atoms. The third kappa shape index (κ3) is 4.64. The first-order chi connectivity index (χ1) is 12.6. The Morgan fingerprint density at radius 2 is 2.08 bits per heavy atom. The summed E-state index contributed by atoms with van der Waals surface area (Å²) in [5, 5.41) is 4.67. The summed E-state index contributed by atoms with van der Waals surface area (Å²) >= 11 is 1.74. The molecule has 0 aromatic carbocycles. The lowest BCUT2D eigenvalue weighted by Crippen LogP contribution is -2.34. The number of amides is 1. The van der Waals surface area contributed by atoms with Crippen LogP contribution in [0.2, 0.25) is 0 Å². The van der Waals surface area contributed by atoms with Gasteiger partial charge in [0, 0.05) is 32.1 Å². The second-order valence-corrected chi connectivity index (χ2v) is 7.26. The number of thiophene rings is 1. The first kappa shape index (κ1) is 20.0. The van der Waals surface area contributed by atoms with Crippen molar-refractivity contribution in [3.05, 3.63) is 52.2 Å². The molecule has 1 aromatic rings. The highest BCUT2D eigenvalue weighted by Crippen LogP contribution is 2.35. The predicted octanol–water partition coefficient (Wildman–Crippen LogP) is 4.00. The summed E-state index contributed by atoms with van der Waals surface area (Å²) in [6, 6.07) is 2.17. The third-order valence-corrected chi connectivity index (χ3v) is 4.99. The molecule has 1 aromatic heterocycles. The molecule has 1 aliphatic carbocycles. The summed E-state index contributed by atoms with van der Waals surface area (Å²) in [5.74, 6) is 0.936. The minimum Gasteiger partial charge on any atom is -0.357 e. The number of hydrogen-bond acceptors (Lipinski definition) is 5. The predicted molar refractivity (Wildman–Crippen MR) is 112 cm³/mol. The highest BCUT2D eigenvalue weighted by molar-refractivity contribution is 7.16. The van der Waals surface area contributed by atoms with Crippen LogP contribution in [0.5, 0.6) is 0 Å². The van der Waals surface area contributed by atoms with Crippen molar-refractivity contribution >= 4 is 28.6 Å². The summed E-state index contributed by atoms with van der Waals surface area (Å²) < 4.78 is 0. The van der Waals surface area contributed by atoms with Gasteiger partial charge in [-0.2, -0.15) is 0 Å². The van der Waals surface area contributed by atoms with Gasteiger partial charge in [0.05, 0.1) is 17.0 Å². The summed E-state index contributed by atoms with van der Waals surface area (Å²) in [7, 11) is 3.81. The summed E-state index contributed by atoms with van der Waals surface area (Å²) in [5.41, 5.74) is 3.11. The maximum absolute atomic E-state index is 10.8. The van der Waals surface area contributed by atoms with Crippen molar-refractivity contribution in [2.24, 2.45) is 4.99 Å². The van der Waals surface area contributed by atoms with E-state index in [0.29, 0.717) is 6.54 Å². The molecule has 0 fully saturated rings. The smallest absolute Gasteiger partial charge is 0.209 e. The van der Waals surface area contributed by atoms with E-state index in [-0.39, 0.29) is 0 Å². The fourth-order valence-electron chi connectivity index (χ4n) is 2.66. The van der Waals surface area contributed by atoms with Gasteiger partial charge in [-0.15, -0.1) is 11.3 Å². The van der Waals surface area contributed by atoms with Crippen LogP contribution in [0, 0.1) is 6.92 Å². The fourth-order valence-corrected chi connectivity index (χ4v) is 3.58. The van der Waals surface area contributed by atoms with E-state index in [9.17, 15) is 4.79 Å². The number of nitrogens with zero attached hydrogens (tertiary/aromatic N) is 3. The zero-order chi connectivity index (χ0) is 19.1. The van der Waals surface area contributed by atoms with Crippen molar-refractivity contribution in [2.75, 3.05) is 32.5 Å². The van der Waals surface area contributed by atoms with Gasteiger partial charge in [0.1, 0.15) is 10.8 Å². The Bertz CT molecular complexity index is 758. The average molecular weight is 373 g/mol. The number of carbonyl (C=O) groups excluding carboxylic acids is 1. The molecule has 2 aliphatic rings. The van der Waals surface area contributed by atoms with Crippen LogP contribution < -0.4 is 5.32 Å². The molecule has 3 rings (SSSR count). The Morgan fingerprint density at radius 3 is 2.81 bits per heavy atom. The van der Waals surface area contributed by atoms with Crippen molar-refractivity contribution in [1.82, 2.24) is 9.80 Å². The van der Waals surface area contributed by atoms with E-state index in [1.807, 2.05) is 33.0 Å². The van der Waals surface area contributed by atoms with Crippen molar-refractivity contribution in [3.8, 4) is 0 Å². The number of nitrogens with one attached hydrogen (secondary N) is 1. The average Bonchev–Trinajstić information content (AvgIpc) is 2.81. The molecule has 0 saturated carbocycles. The maximum atomic E-state index is 10.8. The molecular formula is C20H28N4OS. The lowest BCUT2D eigenvalue weighted by Gasteiger charge is -2.22. The molecular weight excluding hydrogens is 344 g/mol. The Kier molecular flexibility index (Phi) is 7.21. The van der Waals surface area contributed by atoms with E-state index in [1.54, 1.807) is 23.3 Å². The van der Waals surface area contributed by atoms with Crippen LogP contribution >= 0.6 is 11.3 Å². The zero-order valence-corrected chi connectivity index (χ0v) is 17.1. The van der Waals surface area contributed by atoms with E-state index in [0.717, 1.165) is 47.2 Å². The topological polar surface area (TPSA) is 47.9 Å². The second kappa shape index (κ2) is 9.38. The van der Waals surface area contributed by atoms with Gasteiger partial charge in [-0.05, 0) is 25.5 Å². The molecule has 1 amide bonds. The molecule has 1 N–H and O–H groups in total. The Morgan fingerprint density at radius 1 is 1.31 bits per heavy atom. The van der Waals surface area contributed by atoms with Crippen LogP contribution in [0.25, 0.3) is 0 Å². The van der Waals surface area contributed by atoms with Crippen molar-refractivity contribution < 1.29 is 4.79 Å². The van der Waals surface area contributed by atoms with Gasteiger partial charge in [0.2, 0.25) is 6.41 Å². The second-order valence-electron chi connectivity index (χ2n) is 6.00. The Balaban J connectivity index is 0.00000117. The molecule has 0 unspecified atom stereocenters. The number of likely N-dealkylation sites (N-methyl/N-ethyl adjacent to an activating group) is 2. The first-order valence-corrected chi connectivity index (χ1v) is 9.80. The van der Waals surface area contributed by atoms with Gasteiger partial charge in [-0.3, -0.25) is 4.79 Å². The molecule has 6 heteroatoms. The standard InChI is InChI=1S/C18H22N4OS.C2H6/c1-13-11-14-17(22(3)10-9-21(2)12-23)19-15-7-5-4-6-8-16(15)20-18(14)24-13;1-2/h4-5,7-8,11-12,20H,6,9-10H2,1-3H3;1-2H3.